The van der Waals surface area contributed by atoms with Crippen LogP contribution in [0.1, 0.15) is 36.6 Å². The average Bonchev–Trinajstić information content (AvgIpc) is 3.56. The fourth-order valence-electron chi connectivity index (χ4n) is 5.92. The number of rotatable bonds is 17. The molecule has 1 aliphatic heterocycles. The number of ketones is 1. The molecule has 0 aromatic heterocycles. The van der Waals surface area contributed by atoms with Crippen molar-refractivity contribution in [1.82, 2.24) is 20.9 Å². The minimum absolute atomic E-state index is 0.137. The summed E-state index contributed by atoms with van der Waals surface area (Å²) in [7, 11) is 2.41. The van der Waals surface area contributed by atoms with E-state index in [1.54, 1.807) is 0 Å². The fourth-order valence-corrected chi connectivity index (χ4v) is 7.02. The zero-order chi connectivity index (χ0) is 42.3. The first kappa shape index (κ1) is 46.0. The molecule has 22 heteroatoms. The zero-order valence-electron chi connectivity index (χ0n) is 30.0. The fraction of sp³-hybridized carbons (Fsp3) is 0.500. The van der Waals surface area contributed by atoms with Crippen molar-refractivity contribution < 1.29 is 72.9 Å². The number of carbonyl (C=O) groups is 5. The van der Waals surface area contributed by atoms with Gasteiger partial charge < -0.3 is 34.9 Å². The van der Waals surface area contributed by atoms with Gasteiger partial charge in [0.1, 0.15) is 24.4 Å². The number of hydrogen-bond acceptors (Lipinski definition) is 8. The zero-order valence-corrected chi connectivity index (χ0v) is 31.6. The molecule has 1 heterocycles. The van der Waals surface area contributed by atoms with Crippen LogP contribution in [0, 0.1) is 11.8 Å². The Morgan fingerprint density at radius 2 is 1.59 bits per heavy atom. The lowest BCUT2D eigenvalue weighted by Gasteiger charge is -2.31. The topological polar surface area (TPSA) is 180 Å². The van der Waals surface area contributed by atoms with Crippen LogP contribution in [-0.2, 0) is 45.7 Å². The van der Waals surface area contributed by atoms with Crippen molar-refractivity contribution in [2.75, 3.05) is 33.9 Å². The van der Waals surface area contributed by atoms with Gasteiger partial charge in [-0.25, -0.2) is 4.21 Å². The van der Waals surface area contributed by atoms with Gasteiger partial charge in [-0.1, -0.05) is 49.7 Å². The molecule has 0 spiro atoms. The molecule has 310 valence electrons. The van der Waals surface area contributed by atoms with Gasteiger partial charge in [-0.15, -0.1) is 0 Å². The maximum atomic E-state index is 15.3. The lowest BCUT2D eigenvalue weighted by atomic mass is 9.93. The highest BCUT2D eigenvalue weighted by molar-refractivity contribution is 7.79. The Hall–Kier alpha value is -4.34. The van der Waals surface area contributed by atoms with Crippen LogP contribution in [0.15, 0.2) is 48.5 Å². The van der Waals surface area contributed by atoms with Crippen LogP contribution in [0.2, 0.25) is 5.02 Å². The molecule has 1 fully saturated rings. The van der Waals surface area contributed by atoms with Crippen molar-refractivity contribution in [1.29, 1.82) is 0 Å². The van der Waals surface area contributed by atoms with Crippen molar-refractivity contribution in [3.05, 3.63) is 64.7 Å². The maximum Gasteiger partial charge on any atom is 0.405 e. The molecule has 0 aliphatic carbocycles. The lowest BCUT2D eigenvalue weighted by Crippen LogP contribution is -2.60. The number of hydrogen-bond donors (Lipinski definition) is 4. The molecule has 56 heavy (non-hydrogen) atoms. The third-order valence-electron chi connectivity index (χ3n) is 8.71. The van der Waals surface area contributed by atoms with Crippen LogP contribution in [0.25, 0.3) is 0 Å². The Balaban J connectivity index is 2.02. The van der Waals surface area contributed by atoms with E-state index in [0.717, 1.165) is 49.4 Å². The number of alkyl halides is 7. The summed E-state index contributed by atoms with van der Waals surface area (Å²) in [5, 5.41) is 3.32. The van der Waals surface area contributed by atoms with Gasteiger partial charge in [0, 0.05) is 24.2 Å². The molecule has 1 aliphatic rings. The minimum atomic E-state index is -5.11. The molecule has 13 nitrogen and oxygen atoms in total. The van der Waals surface area contributed by atoms with Crippen LogP contribution in [0.4, 0.5) is 30.7 Å². The molecule has 2 unspecified atom stereocenters. The number of likely N-dealkylation sites (tertiary alicyclic amines) is 1. The van der Waals surface area contributed by atoms with Crippen molar-refractivity contribution in [3.8, 4) is 5.75 Å². The minimum Gasteiger partial charge on any atom is -0.497 e. The van der Waals surface area contributed by atoms with E-state index in [1.165, 1.54) is 37.4 Å². The van der Waals surface area contributed by atoms with E-state index in [2.05, 4.69) is 0 Å². The smallest absolute Gasteiger partial charge is 0.405 e. The van der Waals surface area contributed by atoms with E-state index >= 15 is 8.78 Å². The average molecular weight is 847 g/mol. The molecule has 3 rings (SSSR count). The number of Topliss-reactive ketones (excluding diaryl/α,β-unsaturated/α-hetero) is 1. The first-order valence-electron chi connectivity index (χ1n) is 16.5. The summed E-state index contributed by atoms with van der Waals surface area (Å²) < 4.78 is 131. The molecule has 4 N–H and O–H groups in total. The third-order valence-corrected chi connectivity index (χ3v) is 10.0. The summed E-state index contributed by atoms with van der Waals surface area (Å²) in [4.78, 5) is 66.7. The Bertz CT molecular complexity index is 1790. The van der Waals surface area contributed by atoms with Crippen LogP contribution in [-0.4, -0.2) is 107 Å². The monoisotopic (exact) mass is 846 g/mol. The molecular formula is C34H38ClF7N4O9S. The largest absolute Gasteiger partial charge is 0.497 e. The SMILES string of the molecule is COC[C@H](NC(=O)C(F)(F)c1cccc(Cl)c1)C(=O)N1C[C@H](C(c2ccc(OC)cc2)S(=O)O)C[C@H]1C(=O)N[C@H](C(=O)C(F)(F)C(=O)NCC(F)(F)F)C(C)C. The first-order chi connectivity index (χ1) is 26.0. The summed E-state index contributed by atoms with van der Waals surface area (Å²) in [6.45, 7) is -1.21. The Morgan fingerprint density at radius 1 is 0.964 bits per heavy atom. The molecule has 0 saturated carbocycles. The highest BCUT2D eigenvalue weighted by Gasteiger charge is 2.53. The molecule has 4 amide bonds. The van der Waals surface area contributed by atoms with Crippen molar-refractivity contribution in [3.63, 3.8) is 0 Å². The molecule has 0 radical (unpaired) electrons. The molecular weight excluding hydrogens is 809 g/mol. The lowest BCUT2D eigenvalue weighted by molar-refractivity contribution is -0.165. The van der Waals surface area contributed by atoms with Gasteiger partial charge in [0.05, 0.1) is 25.0 Å². The van der Waals surface area contributed by atoms with E-state index < -0.39 is 125 Å². The van der Waals surface area contributed by atoms with Crippen molar-refractivity contribution in [2.45, 2.75) is 61.7 Å². The maximum absolute atomic E-state index is 15.3. The normalized spacial score (nSPS) is 18.4. The van der Waals surface area contributed by atoms with E-state index in [0.29, 0.717) is 5.75 Å². The highest BCUT2D eigenvalue weighted by atomic mass is 35.5. The van der Waals surface area contributed by atoms with Gasteiger partial charge >= 0.3 is 18.0 Å². The van der Waals surface area contributed by atoms with E-state index in [1.807, 2.05) is 10.6 Å². The van der Waals surface area contributed by atoms with Gasteiger partial charge in [0.2, 0.25) is 17.6 Å². The molecule has 2 aromatic carbocycles. The van der Waals surface area contributed by atoms with Gasteiger partial charge in [-0.2, -0.15) is 30.7 Å². The molecule has 1 saturated heterocycles. The summed E-state index contributed by atoms with van der Waals surface area (Å²) in [5.41, 5.74) is -0.626. The van der Waals surface area contributed by atoms with E-state index in [-0.39, 0.29) is 10.6 Å². The van der Waals surface area contributed by atoms with Gasteiger partial charge in [-0.3, -0.25) is 24.0 Å². The van der Waals surface area contributed by atoms with Crippen LogP contribution < -0.4 is 20.7 Å². The summed E-state index contributed by atoms with van der Waals surface area (Å²) in [5.74, 6) is -20.8. The van der Waals surface area contributed by atoms with Crippen molar-refractivity contribution >= 4 is 52.1 Å². The predicted octanol–water partition coefficient (Wildman–Crippen LogP) is 3.78. The van der Waals surface area contributed by atoms with E-state index in [4.69, 9.17) is 21.1 Å². The Morgan fingerprint density at radius 3 is 2.11 bits per heavy atom. The van der Waals surface area contributed by atoms with Gasteiger partial charge in [0.25, 0.3) is 11.8 Å². The molecule has 0 bridgehead atoms. The standard InChI is InChI=1S/C34H38ClF7N4O9S/c1-17(2)25(27(47)34(41,42)30(50)43-16-32(36,37)38)45-28(48)24-12-19(26(56(52)53)18-8-10-22(55-4)11-9-18)14-46(24)29(49)23(15-54-3)44-31(51)33(39,40)20-6-5-7-21(35)13-20/h5-11,13,17,19,23-26H,12,14-16H2,1-4H3,(H,43,50)(H,44,51)(H,45,48)(H,52,53)/t19-,23+,24+,25+,26?/m1/s1. The summed E-state index contributed by atoms with van der Waals surface area (Å²) >= 11 is 3.10. The highest BCUT2D eigenvalue weighted by Crippen LogP contribution is 2.39. The van der Waals surface area contributed by atoms with Gasteiger partial charge in [-0.05, 0) is 48.1 Å². The van der Waals surface area contributed by atoms with E-state index in [9.17, 15) is 54.7 Å². The van der Waals surface area contributed by atoms with Crippen LogP contribution >= 0.6 is 11.6 Å². The number of nitrogens with zero attached hydrogens (tertiary/aromatic N) is 1. The molecule has 2 aromatic rings. The number of amides is 4. The number of nitrogens with one attached hydrogen (secondary N) is 3. The number of methoxy groups -OCH3 is 2. The van der Waals surface area contributed by atoms with Crippen LogP contribution in [0.3, 0.4) is 0 Å². The first-order valence-corrected chi connectivity index (χ1v) is 18.1. The summed E-state index contributed by atoms with van der Waals surface area (Å²) in [6, 6.07) is 3.86. The van der Waals surface area contributed by atoms with Gasteiger partial charge in [0.15, 0.2) is 11.1 Å². The number of halogens is 8. The van der Waals surface area contributed by atoms with Crippen molar-refractivity contribution in [2.24, 2.45) is 11.8 Å². The quantitative estimate of drug-likeness (QED) is 0.105. The molecule has 6 atom stereocenters. The summed E-state index contributed by atoms with van der Waals surface area (Å²) in [6.07, 6.45) is -5.61. The van der Waals surface area contributed by atoms with Crippen LogP contribution in [0.5, 0.6) is 5.75 Å². The number of carbonyl (C=O) groups excluding carboxylic acids is 5. The number of ether oxygens (including phenoxy) is 2. The second-order valence-corrected chi connectivity index (χ2v) is 14.5. The second-order valence-electron chi connectivity index (χ2n) is 13.0. The predicted molar refractivity (Wildman–Crippen MR) is 185 cm³/mol. The Labute approximate surface area is 323 Å². The number of benzene rings is 2. The third kappa shape index (κ3) is 11.2. The second kappa shape index (κ2) is 18.7. The Kier molecular flexibility index (Phi) is 15.4.